The van der Waals surface area contributed by atoms with E-state index in [9.17, 15) is 14.9 Å². The maximum atomic E-state index is 13.1. The normalized spacial score (nSPS) is 12.0. The van der Waals surface area contributed by atoms with Crippen molar-refractivity contribution in [2.24, 2.45) is 0 Å². The number of carbonyl (C=O) groups is 1. The van der Waals surface area contributed by atoms with E-state index in [-0.39, 0.29) is 11.3 Å². The number of para-hydroxylation sites is 1. The predicted molar refractivity (Wildman–Crippen MR) is 91.0 cm³/mol. The van der Waals surface area contributed by atoms with Gasteiger partial charge in [-0.25, -0.2) is 0 Å². The Morgan fingerprint density at radius 1 is 1.00 bits per heavy atom. The molecule has 0 heterocycles. The van der Waals surface area contributed by atoms with Gasteiger partial charge in [-0.15, -0.1) is 0 Å². The van der Waals surface area contributed by atoms with Crippen LogP contribution in [-0.4, -0.2) is 38.3 Å². The Balaban J connectivity index is 2.51. The zero-order chi connectivity index (χ0) is 18.4. The number of benzene rings is 2. The number of nitro benzene ring substituents is 1. The van der Waals surface area contributed by atoms with Crippen molar-refractivity contribution >= 4 is 11.5 Å². The smallest absolute Gasteiger partial charge is 0.280 e. The van der Waals surface area contributed by atoms with E-state index >= 15 is 0 Å². The molecule has 0 aliphatic heterocycles. The molecule has 0 saturated carbocycles. The number of nitrogens with zero attached hydrogens (tertiary/aromatic N) is 1. The fourth-order valence-electron chi connectivity index (χ4n) is 2.62. The minimum Gasteiger partial charge on any atom is -0.497 e. The van der Waals surface area contributed by atoms with Gasteiger partial charge in [0.1, 0.15) is 5.75 Å². The first-order valence-electron chi connectivity index (χ1n) is 7.50. The fraction of sp³-hybridized carbons (Fsp3) is 0.278. The molecule has 0 N–H and O–H groups in total. The summed E-state index contributed by atoms with van der Waals surface area (Å²) in [6.45, 7) is 0. The van der Waals surface area contributed by atoms with E-state index in [1.54, 1.807) is 30.3 Å². The van der Waals surface area contributed by atoms with Gasteiger partial charge in [0, 0.05) is 20.3 Å². The van der Waals surface area contributed by atoms with Crippen LogP contribution in [-0.2, 0) is 9.47 Å². The molecular weight excluding hydrogens is 326 g/mol. The highest BCUT2D eigenvalue weighted by Gasteiger charge is 2.34. The van der Waals surface area contributed by atoms with Crippen molar-refractivity contribution in [1.29, 1.82) is 0 Å². The Morgan fingerprint density at radius 2 is 1.60 bits per heavy atom. The van der Waals surface area contributed by atoms with Crippen molar-refractivity contribution < 1.29 is 23.9 Å². The number of carbonyl (C=O) groups excluding carboxylic acids is 1. The summed E-state index contributed by atoms with van der Waals surface area (Å²) in [4.78, 5) is 23.8. The lowest BCUT2D eigenvalue weighted by Gasteiger charge is -2.24. The van der Waals surface area contributed by atoms with Gasteiger partial charge < -0.3 is 14.2 Å². The number of Topliss-reactive ketones (excluding diaryl/α,β-unsaturated/α-hetero) is 1. The van der Waals surface area contributed by atoms with Gasteiger partial charge in [0.05, 0.1) is 23.5 Å². The Bertz CT molecular complexity index is 739. The SMILES string of the molecule is COc1ccc(C(C(=O)c2ccccc2[N+](=O)[O-])C(OC)OC)cc1. The van der Waals surface area contributed by atoms with Crippen LogP contribution in [0.5, 0.6) is 5.75 Å². The van der Waals surface area contributed by atoms with Crippen LogP contribution in [0.4, 0.5) is 5.69 Å². The first-order valence-corrected chi connectivity index (χ1v) is 7.50. The maximum Gasteiger partial charge on any atom is 0.280 e. The summed E-state index contributed by atoms with van der Waals surface area (Å²) in [5.41, 5.74) is 0.363. The lowest BCUT2D eigenvalue weighted by atomic mass is 9.89. The quantitative estimate of drug-likeness (QED) is 0.316. The molecule has 7 nitrogen and oxygen atoms in total. The number of ether oxygens (including phenoxy) is 3. The summed E-state index contributed by atoms with van der Waals surface area (Å²) in [5, 5.41) is 11.3. The second-order valence-corrected chi connectivity index (χ2v) is 5.23. The van der Waals surface area contributed by atoms with E-state index in [2.05, 4.69) is 0 Å². The third kappa shape index (κ3) is 4.01. The number of rotatable bonds is 8. The highest BCUT2D eigenvalue weighted by atomic mass is 16.7. The van der Waals surface area contributed by atoms with Crippen LogP contribution in [0.25, 0.3) is 0 Å². The summed E-state index contributed by atoms with van der Waals surface area (Å²) >= 11 is 0. The monoisotopic (exact) mass is 345 g/mol. The van der Waals surface area contributed by atoms with Crippen LogP contribution in [0.3, 0.4) is 0 Å². The molecule has 0 amide bonds. The van der Waals surface area contributed by atoms with Crippen LogP contribution < -0.4 is 4.74 Å². The molecule has 25 heavy (non-hydrogen) atoms. The van der Waals surface area contributed by atoms with E-state index in [0.29, 0.717) is 11.3 Å². The van der Waals surface area contributed by atoms with Crippen LogP contribution >= 0.6 is 0 Å². The average Bonchev–Trinajstić information content (AvgIpc) is 2.65. The largest absolute Gasteiger partial charge is 0.497 e. The van der Waals surface area contributed by atoms with E-state index in [4.69, 9.17) is 14.2 Å². The third-order valence-electron chi connectivity index (χ3n) is 3.86. The van der Waals surface area contributed by atoms with Crippen molar-refractivity contribution in [2.45, 2.75) is 12.2 Å². The standard InChI is InChI=1S/C18H19NO6/c1-23-13-10-8-12(9-11-13)16(18(24-2)25-3)17(20)14-6-4-5-7-15(14)19(21)22/h4-11,16,18H,1-3H3. The molecule has 0 fully saturated rings. The molecule has 2 rings (SSSR count). The summed E-state index contributed by atoms with van der Waals surface area (Å²) in [7, 11) is 4.37. The van der Waals surface area contributed by atoms with E-state index < -0.39 is 22.9 Å². The Labute approximate surface area is 145 Å². The highest BCUT2D eigenvalue weighted by molar-refractivity contribution is 6.04. The summed E-state index contributed by atoms with van der Waals surface area (Å²) < 4.78 is 15.7. The Hall–Kier alpha value is -2.77. The van der Waals surface area contributed by atoms with Gasteiger partial charge in [0.25, 0.3) is 5.69 Å². The molecule has 1 unspecified atom stereocenters. The van der Waals surface area contributed by atoms with Crippen LogP contribution in [0.15, 0.2) is 48.5 Å². The summed E-state index contributed by atoms with van der Waals surface area (Å²) in [6.07, 6.45) is -0.888. The molecular formula is C18H19NO6. The number of nitro groups is 1. The van der Waals surface area contributed by atoms with Gasteiger partial charge in [-0.05, 0) is 23.8 Å². The topological polar surface area (TPSA) is 87.9 Å². The number of hydrogen-bond donors (Lipinski definition) is 0. The Morgan fingerprint density at radius 3 is 2.12 bits per heavy atom. The predicted octanol–water partition coefficient (Wildman–Crippen LogP) is 3.19. The van der Waals surface area contributed by atoms with E-state index in [0.717, 1.165) is 0 Å². The summed E-state index contributed by atoms with van der Waals surface area (Å²) in [5.74, 6) is -0.680. The molecule has 0 bridgehead atoms. The lowest BCUT2D eigenvalue weighted by molar-refractivity contribution is -0.385. The molecule has 0 aliphatic carbocycles. The maximum absolute atomic E-state index is 13.1. The molecule has 2 aromatic rings. The molecule has 132 valence electrons. The second kappa shape index (κ2) is 8.36. The molecule has 2 aromatic carbocycles. The zero-order valence-electron chi connectivity index (χ0n) is 14.2. The third-order valence-corrected chi connectivity index (χ3v) is 3.86. The molecule has 0 aliphatic rings. The first-order chi connectivity index (χ1) is 12.0. The first kappa shape index (κ1) is 18.6. The van der Waals surface area contributed by atoms with Gasteiger partial charge in [0.15, 0.2) is 12.1 Å². The highest BCUT2D eigenvalue weighted by Crippen LogP contribution is 2.31. The molecule has 7 heteroatoms. The lowest BCUT2D eigenvalue weighted by Crippen LogP contribution is -2.30. The van der Waals surface area contributed by atoms with Gasteiger partial charge in [-0.2, -0.15) is 0 Å². The molecule has 0 spiro atoms. The Kier molecular flexibility index (Phi) is 6.21. The van der Waals surface area contributed by atoms with E-state index in [1.165, 1.54) is 39.5 Å². The number of methoxy groups -OCH3 is 3. The fourth-order valence-corrected chi connectivity index (χ4v) is 2.62. The average molecular weight is 345 g/mol. The molecule has 0 saturated heterocycles. The van der Waals surface area contributed by atoms with Crippen molar-refractivity contribution in [2.75, 3.05) is 21.3 Å². The van der Waals surface area contributed by atoms with Gasteiger partial charge in [-0.1, -0.05) is 24.3 Å². The van der Waals surface area contributed by atoms with Gasteiger partial charge >= 0.3 is 0 Å². The van der Waals surface area contributed by atoms with Crippen LogP contribution in [0.2, 0.25) is 0 Å². The van der Waals surface area contributed by atoms with Crippen molar-refractivity contribution in [3.05, 3.63) is 69.8 Å². The molecule has 0 aromatic heterocycles. The van der Waals surface area contributed by atoms with Crippen molar-refractivity contribution in [3.8, 4) is 5.75 Å². The minimum absolute atomic E-state index is 0.00687. The van der Waals surface area contributed by atoms with Crippen molar-refractivity contribution in [3.63, 3.8) is 0 Å². The van der Waals surface area contributed by atoms with E-state index in [1.807, 2.05) is 0 Å². The number of hydrogen-bond acceptors (Lipinski definition) is 6. The summed E-state index contributed by atoms with van der Waals surface area (Å²) in [6, 6.07) is 12.7. The minimum atomic E-state index is -0.888. The van der Waals surface area contributed by atoms with Gasteiger partial charge in [-0.3, -0.25) is 14.9 Å². The molecule has 0 radical (unpaired) electrons. The zero-order valence-corrected chi connectivity index (χ0v) is 14.2. The van der Waals surface area contributed by atoms with Crippen molar-refractivity contribution in [1.82, 2.24) is 0 Å². The van der Waals surface area contributed by atoms with Gasteiger partial charge in [0.2, 0.25) is 0 Å². The second-order valence-electron chi connectivity index (χ2n) is 5.23. The van der Waals surface area contributed by atoms with Crippen LogP contribution in [0, 0.1) is 10.1 Å². The molecule has 1 atom stereocenters. The van der Waals surface area contributed by atoms with Crippen LogP contribution in [0.1, 0.15) is 21.8 Å². The number of ketones is 1.